The number of carboxylic acid groups (broad SMARTS) is 1. The van der Waals surface area contributed by atoms with E-state index >= 15 is 0 Å². The molecule has 2 aromatic carbocycles. The van der Waals surface area contributed by atoms with Crippen LogP contribution in [-0.2, 0) is 24.4 Å². The number of halogens is 1. The quantitative estimate of drug-likeness (QED) is 0.220. The Labute approximate surface area is 287 Å². The zero-order chi connectivity index (χ0) is 35.2. The molecule has 5 atom stereocenters. The van der Waals surface area contributed by atoms with Crippen LogP contribution in [-0.4, -0.2) is 82.7 Å². The summed E-state index contributed by atoms with van der Waals surface area (Å²) in [6.45, 7) is -0.0925. The van der Waals surface area contributed by atoms with Gasteiger partial charge in [-0.05, 0) is 68.2 Å². The van der Waals surface area contributed by atoms with Crippen LogP contribution in [0.1, 0.15) is 57.8 Å². The van der Waals surface area contributed by atoms with Gasteiger partial charge in [-0.3, -0.25) is 19.1 Å². The molecule has 4 amide bonds. The fraction of sp³-hybridized carbons (Fsp3) is 0.457. The Bertz CT molecular complexity index is 2020. The summed E-state index contributed by atoms with van der Waals surface area (Å²) in [5, 5.41) is 15.9. The molecular weight excluding hydrogens is 669 g/mol. The molecule has 3 heterocycles. The first-order valence-electron chi connectivity index (χ1n) is 16.9. The summed E-state index contributed by atoms with van der Waals surface area (Å²) in [5.41, 5.74) is -1.05. The third-order valence-electron chi connectivity index (χ3n) is 10.0. The number of nitrogens with one attached hydrogen (secondary N) is 3. The van der Waals surface area contributed by atoms with Crippen molar-refractivity contribution in [2.24, 2.45) is 5.92 Å². The maximum Gasteiger partial charge on any atom is 0.405 e. The van der Waals surface area contributed by atoms with Crippen LogP contribution in [0.4, 0.5) is 9.18 Å². The summed E-state index contributed by atoms with van der Waals surface area (Å²) < 4.78 is 48.2. The molecule has 13 nitrogen and oxygen atoms in total. The number of rotatable bonds is 6. The monoisotopic (exact) mass is 707 g/mol. The molecule has 0 spiro atoms. The Morgan fingerprint density at radius 3 is 2.58 bits per heavy atom. The van der Waals surface area contributed by atoms with Crippen molar-refractivity contribution in [1.29, 1.82) is 0 Å². The maximum absolute atomic E-state index is 14.2. The van der Waals surface area contributed by atoms with Crippen molar-refractivity contribution in [1.82, 2.24) is 25.2 Å². The number of hydrogen-bond donors (Lipinski definition) is 4. The molecule has 0 radical (unpaired) electrons. The van der Waals surface area contributed by atoms with E-state index in [1.807, 2.05) is 24.3 Å². The highest BCUT2D eigenvalue weighted by Gasteiger charge is 2.62. The maximum atomic E-state index is 14.2. The minimum atomic E-state index is -3.91. The van der Waals surface area contributed by atoms with E-state index in [1.54, 1.807) is 12.1 Å². The molecule has 2 aliphatic heterocycles. The van der Waals surface area contributed by atoms with E-state index in [1.165, 1.54) is 23.1 Å². The Hall–Kier alpha value is -4.79. The van der Waals surface area contributed by atoms with Gasteiger partial charge in [-0.15, -0.1) is 0 Å². The van der Waals surface area contributed by atoms with Gasteiger partial charge in [0.15, 0.2) is 0 Å². The highest BCUT2D eigenvalue weighted by molar-refractivity contribution is 7.91. The second-order valence-electron chi connectivity index (χ2n) is 13.6. The van der Waals surface area contributed by atoms with Crippen LogP contribution in [0.15, 0.2) is 54.6 Å². The van der Waals surface area contributed by atoms with Crippen LogP contribution < -0.4 is 20.1 Å². The first-order valence-corrected chi connectivity index (χ1v) is 18.5. The number of nitrogens with zero attached hydrogens (tertiary/aromatic N) is 2. The Balaban J connectivity index is 1.21. The molecule has 50 heavy (non-hydrogen) atoms. The minimum absolute atomic E-state index is 0.0204. The van der Waals surface area contributed by atoms with Crippen molar-refractivity contribution >= 4 is 55.5 Å². The number of ether oxygens (including phenoxy) is 1. The van der Waals surface area contributed by atoms with Crippen molar-refractivity contribution in [2.75, 3.05) is 6.54 Å². The standard InChI is InChI=1S/C35H38FN5O8S/c36-21-12-15-27-26(16-21)24-9-6-7-10-25(24)31(37-27)49-22-17-29-30(42)39-35(33(44)40-50(47,48)23-13-14-23)18-20(35)8-4-2-1-3-5-11-28(38-34(45)46)32(43)41(29)19-22/h4,6-10,12,15-16,20,22-23,28-29,38H,1-3,5,11,13-14,17-19H2,(H,39,42)(H,40,44)(H,45,46)/t20-,22-,28+,29+,35-/m1/s1. The predicted octanol–water partition coefficient (Wildman–Crippen LogP) is 3.52. The molecule has 4 N–H and O–H groups in total. The van der Waals surface area contributed by atoms with Gasteiger partial charge in [0.05, 0.1) is 17.3 Å². The first-order chi connectivity index (χ1) is 23.9. The number of carbonyl (C=O) groups is 4. The summed E-state index contributed by atoms with van der Waals surface area (Å²) >= 11 is 0. The van der Waals surface area contributed by atoms with Gasteiger partial charge >= 0.3 is 6.09 Å². The molecule has 2 aliphatic carbocycles. The summed E-state index contributed by atoms with van der Waals surface area (Å²) in [5.74, 6) is -2.78. The smallest absolute Gasteiger partial charge is 0.405 e. The van der Waals surface area contributed by atoms with Gasteiger partial charge in [-0.1, -0.05) is 43.2 Å². The summed E-state index contributed by atoms with van der Waals surface area (Å²) in [6, 6.07) is 9.10. The molecule has 3 fully saturated rings. The number of sulfonamides is 1. The molecule has 0 bridgehead atoms. The zero-order valence-corrected chi connectivity index (χ0v) is 28.0. The molecule has 7 rings (SSSR count). The highest BCUT2D eigenvalue weighted by Crippen LogP contribution is 2.46. The highest BCUT2D eigenvalue weighted by atomic mass is 32.2. The number of amides is 4. The molecule has 1 aromatic heterocycles. The van der Waals surface area contributed by atoms with Crippen molar-refractivity contribution in [2.45, 2.75) is 86.8 Å². The van der Waals surface area contributed by atoms with Crippen molar-refractivity contribution in [3.8, 4) is 5.88 Å². The summed E-state index contributed by atoms with van der Waals surface area (Å²) in [4.78, 5) is 59.5. The number of benzene rings is 2. The lowest BCUT2D eigenvalue weighted by atomic mass is 10.1. The van der Waals surface area contributed by atoms with Crippen LogP contribution >= 0.6 is 0 Å². The molecule has 0 unspecified atom stereocenters. The molecule has 1 saturated heterocycles. The van der Waals surface area contributed by atoms with Gasteiger partial charge in [0.2, 0.25) is 27.7 Å². The normalized spacial score (nSPS) is 27.4. The van der Waals surface area contributed by atoms with E-state index in [0.29, 0.717) is 53.8 Å². The largest absolute Gasteiger partial charge is 0.472 e. The average molecular weight is 708 g/mol. The Morgan fingerprint density at radius 2 is 1.82 bits per heavy atom. The van der Waals surface area contributed by atoms with E-state index in [-0.39, 0.29) is 31.7 Å². The number of fused-ring (bicyclic) bond motifs is 5. The van der Waals surface area contributed by atoms with E-state index in [2.05, 4.69) is 20.3 Å². The Kier molecular flexibility index (Phi) is 8.87. The van der Waals surface area contributed by atoms with Crippen LogP contribution in [0.2, 0.25) is 0 Å². The van der Waals surface area contributed by atoms with Gasteiger partial charge in [0, 0.05) is 23.1 Å². The van der Waals surface area contributed by atoms with Gasteiger partial charge in [0.25, 0.3) is 5.91 Å². The predicted molar refractivity (Wildman–Crippen MR) is 180 cm³/mol. The fourth-order valence-corrected chi connectivity index (χ4v) is 8.50. The minimum Gasteiger partial charge on any atom is -0.472 e. The van der Waals surface area contributed by atoms with Gasteiger partial charge in [-0.2, -0.15) is 0 Å². The number of allylic oxidation sites excluding steroid dienone is 1. The van der Waals surface area contributed by atoms with Crippen LogP contribution in [0, 0.1) is 11.7 Å². The van der Waals surface area contributed by atoms with Gasteiger partial charge < -0.3 is 25.4 Å². The Morgan fingerprint density at radius 1 is 1.04 bits per heavy atom. The lowest BCUT2D eigenvalue weighted by Gasteiger charge is -2.29. The third-order valence-corrected chi connectivity index (χ3v) is 11.9. The van der Waals surface area contributed by atoms with E-state index < -0.39 is 74.5 Å². The second kappa shape index (κ2) is 13.2. The fourth-order valence-electron chi connectivity index (χ4n) is 7.14. The first kappa shape index (κ1) is 33.7. The van der Waals surface area contributed by atoms with E-state index in [0.717, 1.165) is 6.42 Å². The van der Waals surface area contributed by atoms with Gasteiger partial charge in [-0.25, -0.2) is 22.6 Å². The molecule has 3 aromatic rings. The van der Waals surface area contributed by atoms with Crippen LogP contribution in [0.25, 0.3) is 21.7 Å². The molecule has 264 valence electrons. The SMILES string of the molecule is O=C(O)N[C@H]1CCCCCC=C[C@@H]2C[C@@]2(C(=O)NS(=O)(=O)C2CC2)NC(=O)[C@@H]2C[C@@H](Oc3nc4ccc(F)cc4c4ccccc34)CN2C1=O. The van der Waals surface area contributed by atoms with Gasteiger partial charge in [0.1, 0.15) is 29.5 Å². The van der Waals surface area contributed by atoms with Crippen molar-refractivity contribution in [3.63, 3.8) is 0 Å². The third kappa shape index (κ3) is 6.70. The lowest BCUT2D eigenvalue weighted by Crippen LogP contribution is -2.58. The molecule has 2 saturated carbocycles. The van der Waals surface area contributed by atoms with Crippen LogP contribution in [0.5, 0.6) is 5.88 Å². The van der Waals surface area contributed by atoms with Crippen LogP contribution in [0.3, 0.4) is 0 Å². The number of hydrogen-bond acceptors (Lipinski definition) is 8. The molecule has 15 heteroatoms. The topological polar surface area (TPSA) is 184 Å². The molecular formula is C35H38FN5O8S. The average Bonchev–Trinajstić information content (AvgIpc) is 4.00. The van der Waals surface area contributed by atoms with Crippen molar-refractivity contribution < 1.29 is 41.8 Å². The van der Waals surface area contributed by atoms with E-state index in [4.69, 9.17) is 4.74 Å². The van der Waals surface area contributed by atoms with Crippen molar-refractivity contribution in [3.05, 3.63) is 60.4 Å². The number of carbonyl (C=O) groups excluding carboxylic acids is 3. The summed E-state index contributed by atoms with van der Waals surface area (Å²) in [7, 11) is -3.91. The summed E-state index contributed by atoms with van der Waals surface area (Å²) in [6.07, 6.45) is 5.53. The number of pyridine rings is 1. The number of aromatic nitrogens is 1. The molecule has 4 aliphatic rings. The lowest BCUT2D eigenvalue weighted by molar-refractivity contribution is -0.141. The second-order valence-corrected chi connectivity index (χ2v) is 15.6. The van der Waals surface area contributed by atoms with E-state index in [9.17, 15) is 37.1 Å². The zero-order valence-electron chi connectivity index (χ0n) is 27.1.